The van der Waals surface area contributed by atoms with E-state index in [1.54, 1.807) is 7.11 Å². The van der Waals surface area contributed by atoms with E-state index in [-0.39, 0.29) is 0 Å². The molecule has 0 aliphatic rings. The van der Waals surface area contributed by atoms with Crippen LogP contribution < -0.4 is 15.4 Å². The van der Waals surface area contributed by atoms with Gasteiger partial charge in [0.15, 0.2) is 5.96 Å². The van der Waals surface area contributed by atoms with E-state index in [0.29, 0.717) is 38.6 Å². The first-order valence-electron chi connectivity index (χ1n) is 8.24. The number of hydrogen-bond acceptors (Lipinski definition) is 3. The average molecular weight is 360 g/mol. The Morgan fingerprint density at radius 2 is 1.88 bits per heavy atom. The zero-order valence-electron chi connectivity index (χ0n) is 15.0. The van der Waals surface area contributed by atoms with E-state index in [9.17, 15) is 13.2 Å². The first-order valence-corrected chi connectivity index (χ1v) is 8.24. The van der Waals surface area contributed by atoms with Gasteiger partial charge in [-0.05, 0) is 44.6 Å². The summed E-state index contributed by atoms with van der Waals surface area (Å²) in [6.45, 7) is 3.21. The smallest absolute Gasteiger partial charge is 0.401 e. The quantitative estimate of drug-likeness (QED) is 0.404. The van der Waals surface area contributed by atoms with Crippen molar-refractivity contribution in [3.63, 3.8) is 0 Å². The van der Waals surface area contributed by atoms with E-state index in [0.717, 1.165) is 11.3 Å². The van der Waals surface area contributed by atoms with E-state index in [1.807, 2.05) is 31.2 Å². The van der Waals surface area contributed by atoms with Crippen LogP contribution in [0.1, 0.15) is 18.9 Å². The fraction of sp³-hybridized carbons (Fsp3) is 0.588. The Balaban J connectivity index is 2.39. The van der Waals surface area contributed by atoms with Gasteiger partial charge in [-0.3, -0.25) is 4.90 Å². The fourth-order valence-corrected chi connectivity index (χ4v) is 2.18. The number of ether oxygens (including phenoxy) is 1. The predicted molar refractivity (Wildman–Crippen MR) is 94.0 cm³/mol. The average Bonchev–Trinajstić information content (AvgIpc) is 2.55. The number of aliphatic imine (C=N–C) groups is 1. The lowest BCUT2D eigenvalue weighted by Crippen LogP contribution is -2.39. The Bertz CT molecular complexity index is 518. The highest BCUT2D eigenvalue weighted by molar-refractivity contribution is 5.79. The Morgan fingerprint density at radius 3 is 2.44 bits per heavy atom. The molecule has 0 fully saturated rings. The molecule has 0 atom stereocenters. The van der Waals surface area contributed by atoms with E-state index < -0.39 is 12.7 Å². The van der Waals surface area contributed by atoms with Crippen LogP contribution in [-0.2, 0) is 6.54 Å². The molecule has 8 heteroatoms. The number of nitrogens with zero attached hydrogens (tertiary/aromatic N) is 2. The molecule has 2 N–H and O–H groups in total. The topological polar surface area (TPSA) is 48.9 Å². The molecule has 142 valence electrons. The number of rotatable bonds is 9. The summed E-state index contributed by atoms with van der Waals surface area (Å²) in [7, 11) is 3.09. The lowest BCUT2D eigenvalue weighted by molar-refractivity contribution is -0.143. The molecule has 1 aromatic carbocycles. The second-order valence-corrected chi connectivity index (χ2v) is 5.68. The molecule has 0 aliphatic heterocycles. The second kappa shape index (κ2) is 10.8. The van der Waals surface area contributed by atoms with Crippen molar-refractivity contribution in [1.29, 1.82) is 0 Å². The Kier molecular flexibility index (Phi) is 9.12. The second-order valence-electron chi connectivity index (χ2n) is 5.68. The molecule has 0 saturated carbocycles. The molecular weight excluding hydrogens is 333 g/mol. The fourth-order valence-electron chi connectivity index (χ4n) is 2.18. The number of alkyl halides is 3. The van der Waals surface area contributed by atoms with Crippen molar-refractivity contribution in [3.8, 4) is 5.75 Å². The van der Waals surface area contributed by atoms with Crippen molar-refractivity contribution >= 4 is 5.96 Å². The Hall–Kier alpha value is -1.96. The van der Waals surface area contributed by atoms with Gasteiger partial charge in [0.1, 0.15) is 5.75 Å². The van der Waals surface area contributed by atoms with Gasteiger partial charge in [0.05, 0.1) is 20.2 Å². The number of halogens is 3. The predicted octanol–water partition coefficient (Wildman–Crippen LogP) is 2.63. The van der Waals surface area contributed by atoms with Crippen molar-refractivity contribution in [2.45, 2.75) is 26.1 Å². The number of hydrogen-bond donors (Lipinski definition) is 2. The lowest BCUT2D eigenvalue weighted by Gasteiger charge is -2.18. The number of guanidine groups is 1. The summed E-state index contributed by atoms with van der Waals surface area (Å²) < 4.78 is 41.9. The number of benzene rings is 1. The molecule has 0 radical (unpaired) electrons. The largest absolute Gasteiger partial charge is 0.497 e. The van der Waals surface area contributed by atoms with Crippen LogP contribution in [0, 0.1) is 0 Å². The van der Waals surface area contributed by atoms with Gasteiger partial charge in [-0.1, -0.05) is 12.1 Å². The summed E-state index contributed by atoms with van der Waals surface area (Å²) in [4.78, 5) is 5.74. The summed E-state index contributed by atoms with van der Waals surface area (Å²) in [6, 6.07) is 7.64. The maximum absolute atomic E-state index is 12.3. The van der Waals surface area contributed by atoms with Crippen LogP contribution in [0.4, 0.5) is 13.2 Å². The first kappa shape index (κ1) is 21.1. The Labute approximate surface area is 147 Å². The lowest BCUT2D eigenvalue weighted by atomic mass is 10.2. The van der Waals surface area contributed by atoms with Gasteiger partial charge in [0, 0.05) is 13.1 Å². The number of nitrogens with one attached hydrogen (secondary N) is 2. The van der Waals surface area contributed by atoms with Crippen LogP contribution in [0.2, 0.25) is 0 Å². The highest BCUT2D eigenvalue weighted by Gasteiger charge is 2.28. The normalized spacial score (nSPS) is 12.4. The third-order valence-corrected chi connectivity index (χ3v) is 3.38. The molecule has 25 heavy (non-hydrogen) atoms. The molecule has 0 aromatic heterocycles. The van der Waals surface area contributed by atoms with Crippen LogP contribution in [0.25, 0.3) is 0 Å². The van der Waals surface area contributed by atoms with Crippen molar-refractivity contribution in [2.24, 2.45) is 4.99 Å². The van der Waals surface area contributed by atoms with E-state index >= 15 is 0 Å². The minimum absolute atomic E-state index is 0.365. The summed E-state index contributed by atoms with van der Waals surface area (Å²) >= 11 is 0. The zero-order valence-corrected chi connectivity index (χ0v) is 15.0. The Morgan fingerprint density at radius 1 is 1.20 bits per heavy atom. The van der Waals surface area contributed by atoms with Crippen LogP contribution in [0.5, 0.6) is 5.75 Å². The van der Waals surface area contributed by atoms with Crippen molar-refractivity contribution < 1.29 is 17.9 Å². The third-order valence-electron chi connectivity index (χ3n) is 3.38. The van der Waals surface area contributed by atoms with Gasteiger partial charge < -0.3 is 15.4 Å². The van der Waals surface area contributed by atoms with E-state index in [1.165, 1.54) is 11.9 Å². The molecule has 0 saturated heterocycles. The SMILES string of the molecule is CCNC(=NCc1ccc(OC)cc1)NCCCN(C)CC(F)(F)F. The van der Waals surface area contributed by atoms with Crippen LogP contribution in [0.15, 0.2) is 29.3 Å². The molecule has 0 aliphatic carbocycles. The minimum atomic E-state index is -4.16. The molecule has 1 aromatic rings. The zero-order chi connectivity index (χ0) is 18.7. The molecule has 0 unspecified atom stereocenters. The van der Waals surface area contributed by atoms with Gasteiger partial charge in [-0.25, -0.2) is 4.99 Å². The van der Waals surface area contributed by atoms with Gasteiger partial charge in [-0.2, -0.15) is 13.2 Å². The monoisotopic (exact) mass is 360 g/mol. The first-order chi connectivity index (χ1) is 11.8. The van der Waals surface area contributed by atoms with Crippen LogP contribution in [-0.4, -0.2) is 57.4 Å². The minimum Gasteiger partial charge on any atom is -0.497 e. The van der Waals surface area contributed by atoms with Crippen molar-refractivity contribution in [3.05, 3.63) is 29.8 Å². The van der Waals surface area contributed by atoms with Crippen molar-refractivity contribution in [2.75, 3.05) is 40.3 Å². The maximum atomic E-state index is 12.3. The molecule has 0 amide bonds. The van der Waals surface area contributed by atoms with E-state index in [4.69, 9.17) is 4.74 Å². The third kappa shape index (κ3) is 9.81. The van der Waals surface area contributed by atoms with E-state index in [2.05, 4.69) is 15.6 Å². The summed E-state index contributed by atoms with van der Waals surface area (Å²) in [5.41, 5.74) is 1.04. The van der Waals surface area contributed by atoms with Crippen LogP contribution in [0.3, 0.4) is 0 Å². The summed E-state index contributed by atoms with van der Waals surface area (Å²) in [6.07, 6.45) is -3.56. The molecular formula is C17H27F3N4O. The molecule has 0 heterocycles. The van der Waals surface area contributed by atoms with Gasteiger partial charge in [0.25, 0.3) is 0 Å². The molecule has 5 nitrogen and oxygen atoms in total. The number of methoxy groups -OCH3 is 1. The maximum Gasteiger partial charge on any atom is 0.401 e. The molecule has 0 spiro atoms. The summed E-state index contributed by atoms with van der Waals surface area (Å²) in [5.74, 6) is 1.44. The van der Waals surface area contributed by atoms with Gasteiger partial charge in [-0.15, -0.1) is 0 Å². The van der Waals surface area contributed by atoms with Gasteiger partial charge >= 0.3 is 6.18 Å². The molecule has 0 bridgehead atoms. The highest BCUT2D eigenvalue weighted by atomic mass is 19.4. The van der Waals surface area contributed by atoms with Crippen LogP contribution >= 0.6 is 0 Å². The highest BCUT2D eigenvalue weighted by Crippen LogP contribution is 2.15. The summed E-state index contributed by atoms with van der Waals surface area (Å²) in [5, 5.41) is 6.26. The molecule has 1 rings (SSSR count). The standard InChI is InChI=1S/C17H27F3N4O/c1-4-21-16(22-10-5-11-24(2)13-17(18,19)20)23-12-14-6-8-15(25-3)9-7-14/h6-9H,4-5,10-13H2,1-3H3,(H2,21,22,23). The van der Waals surface area contributed by atoms with Crippen molar-refractivity contribution in [1.82, 2.24) is 15.5 Å². The van der Waals surface area contributed by atoms with Gasteiger partial charge in [0.2, 0.25) is 0 Å².